The standard InChI is InChI=1S/C56H90O6/c1-4-7-10-13-16-19-22-24-26-28-30-31-34-37-40-43-46-49-55(58)61-52-53(51-60-54(57)48-45-42-39-36-33-21-18-15-12-9-6-3)62-56(59)50-47-44-41-38-35-32-29-27-25-23-20-17-14-11-8-5-2/h8,11,15,17-18,20,24-27,30-32,35,37,40-41,44,53H,4-7,9-10,12-14,16,19,21-23,28-29,33-34,36,38-39,42-43,45-52H2,1-3H3/b11-8-,18-15-,20-17-,26-24-,27-25-,31-30-,35-32-,40-37-,44-41-. The second kappa shape index (κ2) is 49.7. The molecule has 0 N–H and O–H groups in total. The van der Waals surface area contributed by atoms with Crippen LogP contribution in [-0.4, -0.2) is 37.2 Å². The van der Waals surface area contributed by atoms with Crippen molar-refractivity contribution in [1.82, 2.24) is 0 Å². The molecule has 0 radical (unpaired) electrons. The smallest absolute Gasteiger partial charge is 0.306 e. The van der Waals surface area contributed by atoms with Gasteiger partial charge in [-0.3, -0.25) is 14.4 Å². The Morgan fingerprint density at radius 2 is 0.694 bits per heavy atom. The summed E-state index contributed by atoms with van der Waals surface area (Å²) in [5.41, 5.74) is 0. The van der Waals surface area contributed by atoms with Gasteiger partial charge in [-0.15, -0.1) is 0 Å². The number of allylic oxidation sites excluding steroid dienone is 18. The zero-order valence-electron chi connectivity index (χ0n) is 39.8. The number of hydrogen-bond donors (Lipinski definition) is 0. The maximum atomic E-state index is 12.7. The van der Waals surface area contributed by atoms with E-state index in [4.69, 9.17) is 14.2 Å². The van der Waals surface area contributed by atoms with Crippen LogP contribution in [0.15, 0.2) is 109 Å². The van der Waals surface area contributed by atoms with E-state index in [1.165, 1.54) is 70.6 Å². The molecular formula is C56H90O6. The van der Waals surface area contributed by atoms with Gasteiger partial charge in [0.05, 0.1) is 0 Å². The molecule has 0 aliphatic rings. The molecule has 0 saturated heterocycles. The first-order chi connectivity index (χ1) is 30.5. The Hall–Kier alpha value is -3.93. The lowest BCUT2D eigenvalue weighted by Gasteiger charge is -2.18. The summed E-state index contributed by atoms with van der Waals surface area (Å²) in [5, 5.41) is 0. The fourth-order valence-electron chi connectivity index (χ4n) is 6.25. The molecule has 0 fully saturated rings. The molecule has 0 heterocycles. The third kappa shape index (κ3) is 47.1. The number of esters is 3. The van der Waals surface area contributed by atoms with Crippen molar-refractivity contribution in [2.45, 2.75) is 213 Å². The highest BCUT2D eigenvalue weighted by atomic mass is 16.6. The van der Waals surface area contributed by atoms with Crippen LogP contribution < -0.4 is 0 Å². The molecule has 1 atom stereocenters. The van der Waals surface area contributed by atoms with Crippen LogP contribution in [0.1, 0.15) is 207 Å². The Morgan fingerprint density at radius 1 is 0.339 bits per heavy atom. The van der Waals surface area contributed by atoms with E-state index in [9.17, 15) is 14.4 Å². The van der Waals surface area contributed by atoms with Crippen LogP contribution in [0.3, 0.4) is 0 Å². The van der Waals surface area contributed by atoms with Gasteiger partial charge in [0, 0.05) is 19.3 Å². The molecule has 350 valence electrons. The van der Waals surface area contributed by atoms with Crippen LogP contribution in [0.5, 0.6) is 0 Å². The molecule has 62 heavy (non-hydrogen) atoms. The van der Waals surface area contributed by atoms with Gasteiger partial charge in [-0.05, 0) is 103 Å². The van der Waals surface area contributed by atoms with Gasteiger partial charge >= 0.3 is 17.9 Å². The molecule has 0 spiro atoms. The van der Waals surface area contributed by atoms with E-state index < -0.39 is 12.1 Å². The fourth-order valence-corrected chi connectivity index (χ4v) is 6.25. The maximum absolute atomic E-state index is 12.7. The van der Waals surface area contributed by atoms with E-state index in [2.05, 4.69) is 118 Å². The fraction of sp³-hybridized carbons (Fsp3) is 0.625. The van der Waals surface area contributed by atoms with Crippen molar-refractivity contribution in [1.29, 1.82) is 0 Å². The molecule has 0 amide bonds. The van der Waals surface area contributed by atoms with Gasteiger partial charge in [0.15, 0.2) is 6.10 Å². The highest BCUT2D eigenvalue weighted by Gasteiger charge is 2.19. The molecule has 0 rings (SSSR count). The molecular weight excluding hydrogens is 769 g/mol. The van der Waals surface area contributed by atoms with Crippen LogP contribution in [0, 0.1) is 0 Å². The average Bonchev–Trinajstić information content (AvgIpc) is 3.27. The lowest BCUT2D eigenvalue weighted by atomic mass is 10.1. The van der Waals surface area contributed by atoms with E-state index in [1.807, 2.05) is 12.2 Å². The number of rotatable bonds is 43. The van der Waals surface area contributed by atoms with Crippen molar-refractivity contribution >= 4 is 17.9 Å². The summed E-state index contributed by atoms with van der Waals surface area (Å²) in [4.78, 5) is 37.8. The largest absolute Gasteiger partial charge is 0.462 e. The van der Waals surface area contributed by atoms with Crippen molar-refractivity contribution in [3.63, 3.8) is 0 Å². The van der Waals surface area contributed by atoms with Crippen LogP contribution in [-0.2, 0) is 28.6 Å². The van der Waals surface area contributed by atoms with Gasteiger partial charge < -0.3 is 14.2 Å². The maximum Gasteiger partial charge on any atom is 0.306 e. The number of hydrogen-bond acceptors (Lipinski definition) is 6. The molecule has 0 aromatic heterocycles. The van der Waals surface area contributed by atoms with E-state index in [-0.39, 0.29) is 38.0 Å². The van der Waals surface area contributed by atoms with Gasteiger partial charge in [-0.1, -0.05) is 194 Å². The Balaban J connectivity index is 4.59. The highest BCUT2D eigenvalue weighted by molar-refractivity contribution is 5.71. The second-order valence-corrected chi connectivity index (χ2v) is 16.0. The van der Waals surface area contributed by atoms with Crippen LogP contribution in [0.25, 0.3) is 0 Å². The van der Waals surface area contributed by atoms with Gasteiger partial charge in [-0.2, -0.15) is 0 Å². The average molecular weight is 859 g/mol. The predicted molar refractivity (Wildman–Crippen MR) is 265 cm³/mol. The molecule has 0 aromatic rings. The Kier molecular flexibility index (Phi) is 46.6. The highest BCUT2D eigenvalue weighted by Crippen LogP contribution is 2.11. The van der Waals surface area contributed by atoms with Crippen molar-refractivity contribution in [3.05, 3.63) is 109 Å². The molecule has 0 aliphatic carbocycles. The Bertz CT molecular complexity index is 1310. The van der Waals surface area contributed by atoms with E-state index in [0.717, 1.165) is 83.5 Å². The van der Waals surface area contributed by atoms with Crippen molar-refractivity contribution in [3.8, 4) is 0 Å². The molecule has 0 bridgehead atoms. The number of unbranched alkanes of at least 4 members (excludes halogenated alkanes) is 14. The van der Waals surface area contributed by atoms with E-state index in [0.29, 0.717) is 19.3 Å². The third-order valence-corrected chi connectivity index (χ3v) is 9.99. The third-order valence-electron chi connectivity index (χ3n) is 9.99. The van der Waals surface area contributed by atoms with Crippen LogP contribution in [0.2, 0.25) is 0 Å². The van der Waals surface area contributed by atoms with Gasteiger partial charge in [-0.25, -0.2) is 0 Å². The molecule has 6 nitrogen and oxygen atoms in total. The van der Waals surface area contributed by atoms with E-state index >= 15 is 0 Å². The Labute approximate surface area is 380 Å². The van der Waals surface area contributed by atoms with Crippen molar-refractivity contribution in [2.75, 3.05) is 13.2 Å². The lowest BCUT2D eigenvalue weighted by Crippen LogP contribution is -2.30. The predicted octanol–water partition coefficient (Wildman–Crippen LogP) is 16.4. The molecule has 1 unspecified atom stereocenters. The van der Waals surface area contributed by atoms with Gasteiger partial charge in [0.1, 0.15) is 13.2 Å². The molecule has 6 heteroatoms. The minimum Gasteiger partial charge on any atom is -0.462 e. The summed E-state index contributed by atoms with van der Waals surface area (Å²) in [6.07, 6.45) is 66.6. The zero-order chi connectivity index (χ0) is 45.1. The van der Waals surface area contributed by atoms with Gasteiger partial charge in [0.2, 0.25) is 0 Å². The number of ether oxygens (including phenoxy) is 3. The van der Waals surface area contributed by atoms with Crippen LogP contribution >= 0.6 is 0 Å². The molecule has 0 aliphatic heterocycles. The normalized spacial score (nSPS) is 13.0. The van der Waals surface area contributed by atoms with E-state index in [1.54, 1.807) is 0 Å². The molecule has 0 aromatic carbocycles. The summed E-state index contributed by atoms with van der Waals surface area (Å²) < 4.78 is 16.6. The zero-order valence-corrected chi connectivity index (χ0v) is 39.8. The first kappa shape index (κ1) is 58.1. The van der Waals surface area contributed by atoms with Crippen LogP contribution in [0.4, 0.5) is 0 Å². The summed E-state index contributed by atoms with van der Waals surface area (Å²) in [6.45, 7) is 6.34. The summed E-state index contributed by atoms with van der Waals surface area (Å²) in [7, 11) is 0. The monoisotopic (exact) mass is 859 g/mol. The van der Waals surface area contributed by atoms with Gasteiger partial charge in [0.25, 0.3) is 0 Å². The number of carbonyl (C=O) groups is 3. The van der Waals surface area contributed by atoms with Crippen molar-refractivity contribution < 1.29 is 28.6 Å². The summed E-state index contributed by atoms with van der Waals surface area (Å²) >= 11 is 0. The Morgan fingerprint density at radius 3 is 1.18 bits per heavy atom. The summed E-state index contributed by atoms with van der Waals surface area (Å²) in [5.74, 6) is -1.09. The van der Waals surface area contributed by atoms with Crippen molar-refractivity contribution in [2.24, 2.45) is 0 Å². The topological polar surface area (TPSA) is 78.9 Å². The lowest BCUT2D eigenvalue weighted by molar-refractivity contribution is -0.166. The first-order valence-electron chi connectivity index (χ1n) is 24.9. The minimum atomic E-state index is -0.841. The first-order valence-corrected chi connectivity index (χ1v) is 24.9. The second-order valence-electron chi connectivity index (χ2n) is 16.0. The minimum absolute atomic E-state index is 0.130. The number of carbonyl (C=O) groups excluding carboxylic acids is 3. The quantitative estimate of drug-likeness (QED) is 0.0263. The summed E-state index contributed by atoms with van der Waals surface area (Å²) in [6, 6.07) is 0. The molecule has 0 saturated carbocycles. The SMILES string of the molecule is CC/C=C\C/C=C\C/C=C\C/C=C\C/C=C\CCC(=O)OC(COC(=O)CCC/C=C\C/C=C\C/C=C\CCCCCCCC)COC(=O)CCCCCCC/C=C\CCCC.